The number of ether oxygens (including phenoxy) is 2. The Morgan fingerprint density at radius 2 is 1.85 bits per heavy atom. The third-order valence-electron chi connectivity index (χ3n) is 2.97. The molecule has 1 aromatic heterocycles. The fourth-order valence-electron chi connectivity index (χ4n) is 1.97. The van der Waals surface area contributed by atoms with Crippen LogP contribution in [0.4, 0.5) is 0 Å². The van der Waals surface area contributed by atoms with Crippen LogP contribution >= 0.6 is 15.9 Å². The summed E-state index contributed by atoms with van der Waals surface area (Å²) in [5, 5.41) is 0. The van der Waals surface area contributed by atoms with Crippen molar-refractivity contribution in [1.29, 1.82) is 0 Å². The van der Waals surface area contributed by atoms with Crippen LogP contribution in [0.5, 0.6) is 11.5 Å². The van der Waals surface area contributed by atoms with E-state index in [0.29, 0.717) is 11.5 Å². The maximum atomic E-state index is 5.81. The van der Waals surface area contributed by atoms with Crippen LogP contribution in [0, 0.1) is 0 Å². The molecule has 5 heteroatoms. The van der Waals surface area contributed by atoms with Crippen molar-refractivity contribution in [2.24, 2.45) is 0 Å². The molecule has 0 bridgehead atoms. The van der Waals surface area contributed by atoms with Gasteiger partial charge in [0, 0.05) is 11.6 Å². The topological polar surface area (TPSA) is 44.5 Å². The molecule has 3 aromatic rings. The number of rotatable bonds is 3. The highest BCUT2D eigenvalue weighted by atomic mass is 79.9. The molecule has 0 fully saturated rings. The second-order valence-electron chi connectivity index (χ2n) is 4.21. The van der Waals surface area contributed by atoms with Gasteiger partial charge in [0.15, 0.2) is 5.58 Å². The Kier molecular flexibility index (Phi) is 3.36. The van der Waals surface area contributed by atoms with Gasteiger partial charge in [0.1, 0.15) is 17.0 Å². The van der Waals surface area contributed by atoms with Crippen molar-refractivity contribution in [1.82, 2.24) is 4.98 Å². The van der Waals surface area contributed by atoms with Gasteiger partial charge >= 0.3 is 0 Å². The average molecular weight is 334 g/mol. The van der Waals surface area contributed by atoms with Crippen LogP contribution < -0.4 is 9.47 Å². The van der Waals surface area contributed by atoms with Crippen LogP contribution in [0.1, 0.15) is 0 Å². The summed E-state index contributed by atoms with van der Waals surface area (Å²) in [6, 6.07) is 11.3. The summed E-state index contributed by atoms with van der Waals surface area (Å²) in [6.07, 6.45) is 0. The van der Waals surface area contributed by atoms with Crippen molar-refractivity contribution >= 4 is 27.0 Å². The molecule has 1 heterocycles. The van der Waals surface area contributed by atoms with Crippen molar-refractivity contribution in [3.05, 3.63) is 40.9 Å². The molecule has 2 aromatic carbocycles. The third-order valence-corrected chi connectivity index (χ3v) is 3.56. The molecule has 20 heavy (non-hydrogen) atoms. The number of aromatic nitrogens is 1. The van der Waals surface area contributed by atoms with E-state index in [2.05, 4.69) is 20.9 Å². The predicted octanol–water partition coefficient (Wildman–Crippen LogP) is 4.27. The monoisotopic (exact) mass is 333 g/mol. The van der Waals surface area contributed by atoms with E-state index < -0.39 is 0 Å². The van der Waals surface area contributed by atoms with Crippen LogP contribution in [-0.2, 0) is 0 Å². The number of hydrogen-bond acceptors (Lipinski definition) is 4. The first kappa shape index (κ1) is 13.0. The molecule has 0 aliphatic heterocycles. The van der Waals surface area contributed by atoms with Gasteiger partial charge in [0.2, 0.25) is 5.89 Å². The van der Waals surface area contributed by atoms with Gasteiger partial charge in [-0.25, -0.2) is 4.98 Å². The second-order valence-corrected chi connectivity index (χ2v) is 5.06. The zero-order valence-corrected chi connectivity index (χ0v) is 12.6. The standard InChI is InChI=1S/C15H12BrNO3/c1-18-10-5-3-4-9(6-10)15-17-13-8-11(19-2)7-12(16)14(13)20-15/h3-8H,1-2H3. The molecule has 0 N–H and O–H groups in total. The molecule has 102 valence electrons. The van der Waals surface area contributed by atoms with Crippen molar-refractivity contribution in [3.8, 4) is 23.0 Å². The first-order valence-corrected chi connectivity index (χ1v) is 6.79. The highest BCUT2D eigenvalue weighted by Gasteiger charge is 2.13. The summed E-state index contributed by atoms with van der Waals surface area (Å²) in [5.41, 5.74) is 2.31. The van der Waals surface area contributed by atoms with Gasteiger partial charge in [-0.1, -0.05) is 6.07 Å². The number of nitrogens with zero attached hydrogens (tertiary/aromatic N) is 1. The second kappa shape index (κ2) is 5.17. The predicted molar refractivity (Wildman–Crippen MR) is 80.2 cm³/mol. The van der Waals surface area contributed by atoms with Gasteiger partial charge in [-0.15, -0.1) is 0 Å². The Balaban J connectivity index is 2.14. The van der Waals surface area contributed by atoms with Crippen molar-refractivity contribution in [2.75, 3.05) is 14.2 Å². The average Bonchev–Trinajstić information content (AvgIpc) is 2.92. The zero-order valence-electron chi connectivity index (χ0n) is 11.0. The van der Waals surface area contributed by atoms with E-state index in [0.717, 1.165) is 27.1 Å². The van der Waals surface area contributed by atoms with Crippen molar-refractivity contribution < 1.29 is 13.9 Å². The molecule has 3 rings (SSSR count). The molecule has 0 aliphatic carbocycles. The van der Waals surface area contributed by atoms with Crippen LogP contribution in [0.2, 0.25) is 0 Å². The molecule has 0 atom stereocenters. The molecule has 0 unspecified atom stereocenters. The quantitative estimate of drug-likeness (QED) is 0.717. The van der Waals surface area contributed by atoms with E-state index in [9.17, 15) is 0 Å². The molecule has 4 nitrogen and oxygen atoms in total. The van der Waals surface area contributed by atoms with E-state index in [4.69, 9.17) is 13.9 Å². The van der Waals surface area contributed by atoms with Crippen LogP contribution in [0.15, 0.2) is 45.3 Å². The van der Waals surface area contributed by atoms with E-state index in [1.54, 1.807) is 14.2 Å². The number of benzene rings is 2. The van der Waals surface area contributed by atoms with Gasteiger partial charge in [-0.3, -0.25) is 0 Å². The van der Waals surface area contributed by atoms with Crippen LogP contribution in [0.3, 0.4) is 0 Å². The lowest BCUT2D eigenvalue weighted by molar-refractivity contribution is 0.415. The lowest BCUT2D eigenvalue weighted by Crippen LogP contribution is -1.83. The number of fused-ring (bicyclic) bond motifs is 1. The number of oxazole rings is 1. The molecule has 0 radical (unpaired) electrons. The lowest BCUT2D eigenvalue weighted by Gasteiger charge is -2.00. The van der Waals surface area contributed by atoms with Gasteiger partial charge in [0.05, 0.1) is 18.7 Å². The molecule has 0 spiro atoms. The summed E-state index contributed by atoms with van der Waals surface area (Å²) in [5.74, 6) is 2.05. The molecular weight excluding hydrogens is 322 g/mol. The molecule has 0 amide bonds. The van der Waals surface area contributed by atoms with Crippen LogP contribution in [0.25, 0.3) is 22.6 Å². The lowest BCUT2D eigenvalue weighted by atomic mass is 10.2. The Morgan fingerprint density at radius 3 is 2.60 bits per heavy atom. The van der Waals surface area contributed by atoms with E-state index in [1.165, 1.54) is 0 Å². The van der Waals surface area contributed by atoms with E-state index in [1.807, 2.05) is 36.4 Å². The Labute approximate surface area is 124 Å². The maximum Gasteiger partial charge on any atom is 0.227 e. The Morgan fingerprint density at radius 1 is 1.05 bits per heavy atom. The summed E-state index contributed by atoms with van der Waals surface area (Å²) in [4.78, 5) is 4.50. The van der Waals surface area contributed by atoms with E-state index in [-0.39, 0.29) is 0 Å². The van der Waals surface area contributed by atoms with Gasteiger partial charge in [-0.05, 0) is 40.2 Å². The van der Waals surface area contributed by atoms with Gasteiger partial charge in [0.25, 0.3) is 0 Å². The smallest absolute Gasteiger partial charge is 0.227 e. The summed E-state index contributed by atoms with van der Waals surface area (Å²) < 4.78 is 17.1. The number of methoxy groups -OCH3 is 2. The molecular formula is C15H12BrNO3. The first-order chi connectivity index (χ1) is 9.71. The Hall–Kier alpha value is -2.01. The summed E-state index contributed by atoms with van der Waals surface area (Å²) in [6.45, 7) is 0. The number of halogens is 1. The minimum atomic E-state index is 0.549. The minimum Gasteiger partial charge on any atom is -0.497 e. The van der Waals surface area contributed by atoms with Gasteiger partial charge in [-0.2, -0.15) is 0 Å². The van der Waals surface area contributed by atoms with Crippen molar-refractivity contribution in [2.45, 2.75) is 0 Å². The highest BCUT2D eigenvalue weighted by Crippen LogP contribution is 2.33. The Bertz CT molecular complexity index is 767. The first-order valence-electron chi connectivity index (χ1n) is 6.00. The molecule has 0 saturated heterocycles. The zero-order chi connectivity index (χ0) is 14.1. The largest absolute Gasteiger partial charge is 0.497 e. The fourth-order valence-corrected chi connectivity index (χ4v) is 2.47. The number of hydrogen-bond donors (Lipinski definition) is 0. The highest BCUT2D eigenvalue weighted by molar-refractivity contribution is 9.10. The fraction of sp³-hybridized carbons (Fsp3) is 0.133. The summed E-state index contributed by atoms with van der Waals surface area (Å²) >= 11 is 3.46. The summed E-state index contributed by atoms with van der Waals surface area (Å²) in [7, 11) is 3.25. The van der Waals surface area contributed by atoms with E-state index >= 15 is 0 Å². The van der Waals surface area contributed by atoms with Crippen molar-refractivity contribution in [3.63, 3.8) is 0 Å². The molecule has 0 aliphatic rings. The third kappa shape index (κ3) is 2.25. The van der Waals surface area contributed by atoms with Crippen LogP contribution in [-0.4, -0.2) is 19.2 Å². The normalized spacial score (nSPS) is 10.8. The minimum absolute atomic E-state index is 0.549. The maximum absolute atomic E-state index is 5.81. The SMILES string of the molecule is COc1cccc(-c2nc3cc(OC)cc(Br)c3o2)c1. The van der Waals surface area contributed by atoms with Gasteiger partial charge < -0.3 is 13.9 Å². The molecule has 0 saturated carbocycles.